The van der Waals surface area contributed by atoms with E-state index in [1.54, 1.807) is 0 Å². The molecule has 1 saturated carbocycles. The minimum Gasteiger partial charge on any atom is -0.480 e. The van der Waals surface area contributed by atoms with Crippen molar-refractivity contribution in [2.24, 2.45) is 5.92 Å². The number of hydrogen-bond donors (Lipinski definition) is 3. The number of aryl methyl sites for hydroxylation is 2. The number of benzene rings is 2. The molecule has 36 heavy (non-hydrogen) atoms. The Morgan fingerprint density at radius 2 is 1.53 bits per heavy atom. The Kier molecular flexibility index (Phi) is 8.66. The molecule has 0 aromatic heterocycles. The van der Waals surface area contributed by atoms with Gasteiger partial charge in [0.15, 0.2) is 0 Å². The van der Waals surface area contributed by atoms with Crippen molar-refractivity contribution in [3.8, 4) is 0 Å². The van der Waals surface area contributed by atoms with Gasteiger partial charge in [-0.15, -0.1) is 0 Å². The van der Waals surface area contributed by atoms with Crippen LogP contribution in [0.2, 0.25) is 0 Å². The van der Waals surface area contributed by atoms with Crippen molar-refractivity contribution in [3.05, 3.63) is 69.8 Å². The highest BCUT2D eigenvalue weighted by Gasteiger charge is 2.37. The molecule has 2 aromatic rings. The van der Waals surface area contributed by atoms with Gasteiger partial charge >= 0.3 is 5.97 Å². The average molecular weight is 494 g/mol. The Bertz CT molecular complexity index is 1100. The van der Waals surface area contributed by atoms with Crippen LogP contribution >= 0.6 is 0 Å². The molecule has 196 valence electrons. The lowest BCUT2D eigenvalue weighted by Crippen LogP contribution is -2.38. The summed E-state index contributed by atoms with van der Waals surface area (Å²) >= 11 is 0. The summed E-state index contributed by atoms with van der Waals surface area (Å²) in [4.78, 5) is 23.8. The number of aliphatic carboxylic acids is 1. The second-order valence-electron chi connectivity index (χ2n) is 10.9. The van der Waals surface area contributed by atoms with Crippen molar-refractivity contribution in [1.29, 1.82) is 0 Å². The van der Waals surface area contributed by atoms with Gasteiger partial charge in [-0.1, -0.05) is 63.9 Å². The largest absolute Gasteiger partial charge is 0.480 e. The molecule has 0 aliphatic heterocycles. The lowest BCUT2D eigenvalue weighted by atomic mass is 9.69. The normalized spacial score (nSPS) is 17.0. The van der Waals surface area contributed by atoms with E-state index in [1.165, 1.54) is 23.6 Å². The van der Waals surface area contributed by atoms with E-state index in [2.05, 4.69) is 57.3 Å². The Morgan fingerprint density at radius 3 is 2.03 bits per heavy atom. The van der Waals surface area contributed by atoms with E-state index in [4.69, 9.17) is 5.11 Å². The van der Waals surface area contributed by atoms with Crippen LogP contribution in [0.15, 0.2) is 36.4 Å². The first-order valence-electron chi connectivity index (χ1n) is 13.4. The number of carbonyl (C=O) groups is 2. The number of nitrogens with one attached hydrogen (secondary N) is 1. The first-order chi connectivity index (χ1) is 17.0. The zero-order valence-electron chi connectivity index (χ0n) is 22.8. The molecule has 0 spiro atoms. The maximum Gasteiger partial charge on any atom is 0.325 e. The topological polar surface area (TPSA) is 86.6 Å². The van der Waals surface area contributed by atoms with E-state index in [1.807, 2.05) is 19.1 Å². The Hall–Kier alpha value is -2.66. The lowest BCUT2D eigenvalue weighted by molar-refractivity contribution is -0.138. The molecule has 5 heteroatoms. The minimum absolute atomic E-state index is 0.188. The molecule has 1 aliphatic carbocycles. The monoisotopic (exact) mass is 493 g/mol. The quantitative estimate of drug-likeness (QED) is 0.373. The van der Waals surface area contributed by atoms with Gasteiger partial charge in [-0.05, 0) is 92.7 Å². The number of rotatable bonds is 10. The Labute approximate surface area is 216 Å². The fourth-order valence-corrected chi connectivity index (χ4v) is 6.01. The van der Waals surface area contributed by atoms with Crippen molar-refractivity contribution in [2.45, 2.75) is 104 Å². The van der Waals surface area contributed by atoms with E-state index < -0.39 is 17.6 Å². The second-order valence-corrected chi connectivity index (χ2v) is 10.9. The van der Waals surface area contributed by atoms with Crippen LogP contribution < -0.4 is 5.32 Å². The molecule has 0 bridgehead atoms. The predicted molar refractivity (Wildman–Crippen MR) is 145 cm³/mol. The molecule has 3 N–H and O–H groups in total. The van der Waals surface area contributed by atoms with Gasteiger partial charge < -0.3 is 15.5 Å². The first-order valence-corrected chi connectivity index (χ1v) is 13.4. The van der Waals surface area contributed by atoms with Gasteiger partial charge in [0, 0.05) is 11.0 Å². The summed E-state index contributed by atoms with van der Waals surface area (Å²) in [6, 6.07) is 11.8. The molecule has 2 atom stereocenters. The fraction of sp³-hybridized carbons (Fsp3) is 0.548. The molecule has 0 radical (unpaired) electrons. The number of carboxylic acids is 1. The van der Waals surface area contributed by atoms with Crippen molar-refractivity contribution in [2.75, 3.05) is 0 Å². The van der Waals surface area contributed by atoms with Gasteiger partial charge in [0.05, 0.1) is 5.60 Å². The molecule has 2 unspecified atom stereocenters. The van der Waals surface area contributed by atoms with Gasteiger partial charge in [-0.3, -0.25) is 9.59 Å². The van der Waals surface area contributed by atoms with E-state index in [9.17, 15) is 14.7 Å². The van der Waals surface area contributed by atoms with Crippen LogP contribution in [0.25, 0.3) is 0 Å². The number of carbonyl (C=O) groups excluding carboxylic acids is 1. The second kappa shape index (κ2) is 11.2. The summed E-state index contributed by atoms with van der Waals surface area (Å²) in [6.07, 6.45) is 6.76. The van der Waals surface area contributed by atoms with Crippen LogP contribution in [-0.4, -0.2) is 33.7 Å². The number of amides is 1. The molecule has 5 nitrogen and oxygen atoms in total. The smallest absolute Gasteiger partial charge is 0.325 e. The molecule has 2 aromatic carbocycles. The van der Waals surface area contributed by atoms with Crippen molar-refractivity contribution in [3.63, 3.8) is 0 Å². The van der Waals surface area contributed by atoms with Crippen LogP contribution in [0.3, 0.4) is 0 Å². The molecule has 1 amide bonds. The molecule has 0 saturated heterocycles. The Balaban J connectivity index is 1.90. The third-order valence-electron chi connectivity index (χ3n) is 8.76. The van der Waals surface area contributed by atoms with Crippen LogP contribution in [0.1, 0.15) is 104 Å². The highest BCUT2D eigenvalue weighted by molar-refractivity contribution is 5.97. The van der Waals surface area contributed by atoms with Crippen LogP contribution in [0.5, 0.6) is 0 Å². The summed E-state index contributed by atoms with van der Waals surface area (Å²) in [5, 5.41) is 22.7. The van der Waals surface area contributed by atoms with Crippen molar-refractivity contribution < 1.29 is 19.8 Å². The summed E-state index contributed by atoms with van der Waals surface area (Å²) in [6.45, 7) is 12.1. The SMILES string of the molecule is CCC(CC)(c1ccc(CC(C)C2(O)CCCC2)c(C)c1)c1ccc(C(=O)NC(C)C(=O)O)c(C)c1. The number of carboxylic acid groups (broad SMARTS) is 1. The fourth-order valence-electron chi connectivity index (χ4n) is 6.01. The third-order valence-corrected chi connectivity index (χ3v) is 8.76. The highest BCUT2D eigenvalue weighted by atomic mass is 16.4. The summed E-state index contributed by atoms with van der Waals surface area (Å²) in [7, 11) is 0. The first kappa shape index (κ1) is 27.9. The van der Waals surface area contributed by atoms with Crippen LogP contribution in [0, 0.1) is 19.8 Å². The van der Waals surface area contributed by atoms with Gasteiger partial charge in [-0.2, -0.15) is 0 Å². The molecule has 0 heterocycles. The van der Waals surface area contributed by atoms with Crippen molar-refractivity contribution in [1.82, 2.24) is 5.32 Å². The number of hydrogen-bond acceptors (Lipinski definition) is 3. The summed E-state index contributed by atoms with van der Waals surface area (Å²) < 4.78 is 0. The van der Waals surface area contributed by atoms with Gasteiger partial charge in [0.2, 0.25) is 0 Å². The van der Waals surface area contributed by atoms with Crippen LogP contribution in [-0.2, 0) is 16.6 Å². The molecule has 1 fully saturated rings. The minimum atomic E-state index is -1.06. The van der Waals surface area contributed by atoms with Gasteiger partial charge in [0.25, 0.3) is 5.91 Å². The summed E-state index contributed by atoms with van der Waals surface area (Å²) in [5.41, 5.74) is 5.58. The van der Waals surface area contributed by atoms with E-state index in [0.29, 0.717) is 5.56 Å². The van der Waals surface area contributed by atoms with E-state index in [-0.39, 0.29) is 17.2 Å². The maximum atomic E-state index is 12.6. The predicted octanol–water partition coefficient (Wildman–Crippen LogP) is 6.10. The van der Waals surface area contributed by atoms with Gasteiger partial charge in [-0.25, -0.2) is 0 Å². The summed E-state index contributed by atoms with van der Waals surface area (Å²) in [5.74, 6) is -1.19. The van der Waals surface area contributed by atoms with E-state index in [0.717, 1.165) is 56.1 Å². The zero-order chi connectivity index (χ0) is 26.7. The number of aliphatic hydroxyl groups is 1. The average Bonchev–Trinajstić information content (AvgIpc) is 3.29. The molecular formula is C31H43NO4. The highest BCUT2D eigenvalue weighted by Crippen LogP contribution is 2.41. The van der Waals surface area contributed by atoms with Crippen LogP contribution in [0.4, 0.5) is 0 Å². The van der Waals surface area contributed by atoms with Crippen molar-refractivity contribution >= 4 is 11.9 Å². The standard InChI is InChI=1S/C31H43NO4/c1-7-30(8-2,26-13-14-27(21(4)18-26)28(33)32-23(6)29(34)35)25-12-11-24(20(3)17-25)19-22(5)31(36)15-9-10-16-31/h11-14,17-18,22-23,36H,7-10,15-16,19H2,1-6H3,(H,32,33)(H,34,35). The third kappa shape index (κ3) is 5.51. The molecule has 3 rings (SSSR count). The maximum absolute atomic E-state index is 12.6. The van der Waals surface area contributed by atoms with E-state index >= 15 is 0 Å². The zero-order valence-corrected chi connectivity index (χ0v) is 22.8. The Morgan fingerprint density at radius 1 is 0.972 bits per heavy atom. The van der Waals surface area contributed by atoms with Gasteiger partial charge in [0.1, 0.15) is 6.04 Å². The molecule has 1 aliphatic rings. The molecular weight excluding hydrogens is 450 g/mol. The lowest BCUT2D eigenvalue weighted by Gasteiger charge is -2.35.